The van der Waals surface area contributed by atoms with E-state index in [9.17, 15) is 9.59 Å². The van der Waals surface area contributed by atoms with E-state index in [0.29, 0.717) is 6.04 Å². The van der Waals surface area contributed by atoms with Crippen LogP contribution in [0.4, 0.5) is 0 Å². The molecule has 5 nitrogen and oxygen atoms in total. The lowest BCUT2D eigenvalue weighted by Gasteiger charge is -2.31. The summed E-state index contributed by atoms with van der Waals surface area (Å²) in [5.74, 6) is -1.36. The van der Waals surface area contributed by atoms with E-state index in [2.05, 4.69) is 10.2 Å². The minimum Gasteiger partial charge on any atom is -0.459 e. The van der Waals surface area contributed by atoms with Gasteiger partial charge in [-0.3, -0.25) is 9.69 Å². The van der Waals surface area contributed by atoms with Crippen molar-refractivity contribution in [2.75, 3.05) is 19.7 Å². The Morgan fingerprint density at radius 3 is 2.63 bits per heavy atom. The van der Waals surface area contributed by atoms with Gasteiger partial charge in [0, 0.05) is 25.2 Å². The summed E-state index contributed by atoms with van der Waals surface area (Å²) in [6.07, 6.45) is 7.48. The lowest BCUT2D eigenvalue weighted by atomic mass is 9.94. The summed E-state index contributed by atoms with van der Waals surface area (Å²) < 4.78 is 4.69. The first-order valence-corrected chi connectivity index (χ1v) is 7.42. The maximum Gasteiger partial charge on any atom is 0.396 e. The molecule has 5 heteroatoms. The largest absolute Gasteiger partial charge is 0.459 e. The summed E-state index contributed by atoms with van der Waals surface area (Å²) in [4.78, 5) is 25.3. The van der Waals surface area contributed by atoms with Gasteiger partial charge in [0.2, 0.25) is 0 Å². The Hall–Kier alpha value is -1.10. The van der Waals surface area contributed by atoms with Gasteiger partial charge in [-0.25, -0.2) is 4.79 Å². The second kappa shape index (κ2) is 6.89. The van der Waals surface area contributed by atoms with Gasteiger partial charge in [-0.2, -0.15) is 0 Å². The highest BCUT2D eigenvalue weighted by Gasteiger charge is 2.31. The van der Waals surface area contributed by atoms with Gasteiger partial charge in [0.25, 0.3) is 0 Å². The molecular weight excluding hydrogens is 244 g/mol. The first-order valence-electron chi connectivity index (χ1n) is 7.42. The van der Waals surface area contributed by atoms with E-state index < -0.39 is 11.9 Å². The number of amides is 1. The highest BCUT2D eigenvalue weighted by atomic mass is 16.5. The zero-order valence-corrected chi connectivity index (χ0v) is 11.7. The number of carbonyl (C=O) groups excluding carboxylic acids is 2. The van der Waals surface area contributed by atoms with E-state index in [-0.39, 0.29) is 12.6 Å². The molecule has 2 rings (SSSR count). The molecule has 0 aromatic heterocycles. The summed E-state index contributed by atoms with van der Waals surface area (Å²) >= 11 is 0. The third kappa shape index (κ3) is 3.93. The SMILES string of the molecule is CCOC(=O)C(=O)NC1CCN(C2CCCCC2)C1. The molecule has 1 aliphatic heterocycles. The molecular formula is C14H24N2O3. The number of carbonyl (C=O) groups is 2. The van der Waals surface area contributed by atoms with Crippen LogP contribution in [0, 0.1) is 0 Å². The highest BCUT2D eigenvalue weighted by Crippen LogP contribution is 2.25. The summed E-state index contributed by atoms with van der Waals surface area (Å²) in [7, 11) is 0. The van der Waals surface area contributed by atoms with Gasteiger partial charge in [-0.05, 0) is 26.2 Å². The minimum absolute atomic E-state index is 0.0961. The monoisotopic (exact) mass is 268 g/mol. The van der Waals surface area contributed by atoms with Crippen molar-refractivity contribution in [1.82, 2.24) is 10.2 Å². The zero-order valence-electron chi connectivity index (χ0n) is 11.7. The van der Waals surface area contributed by atoms with E-state index in [1.807, 2.05) is 0 Å². The van der Waals surface area contributed by atoms with Crippen LogP contribution in [0.2, 0.25) is 0 Å². The minimum atomic E-state index is -0.765. The molecule has 108 valence electrons. The van der Waals surface area contributed by atoms with Crippen LogP contribution >= 0.6 is 0 Å². The number of hydrogen-bond donors (Lipinski definition) is 1. The first-order chi connectivity index (χ1) is 9.20. The summed E-state index contributed by atoms with van der Waals surface area (Å²) in [5.41, 5.74) is 0. The van der Waals surface area contributed by atoms with Gasteiger partial charge in [0.05, 0.1) is 6.61 Å². The highest BCUT2D eigenvalue weighted by molar-refractivity contribution is 6.32. The molecule has 1 saturated heterocycles. The van der Waals surface area contributed by atoms with Crippen molar-refractivity contribution >= 4 is 11.9 Å². The van der Waals surface area contributed by atoms with Crippen LogP contribution in [0.25, 0.3) is 0 Å². The van der Waals surface area contributed by atoms with E-state index in [1.54, 1.807) is 6.92 Å². The molecule has 1 unspecified atom stereocenters. The average molecular weight is 268 g/mol. The van der Waals surface area contributed by atoms with Gasteiger partial charge < -0.3 is 10.1 Å². The lowest BCUT2D eigenvalue weighted by molar-refractivity contribution is -0.154. The van der Waals surface area contributed by atoms with Crippen LogP contribution in [0.3, 0.4) is 0 Å². The standard InChI is InChI=1S/C14H24N2O3/c1-2-19-14(18)13(17)15-11-8-9-16(10-11)12-6-4-3-5-7-12/h11-12H,2-10H2,1H3,(H,15,17). The van der Waals surface area contributed by atoms with Crippen LogP contribution < -0.4 is 5.32 Å². The molecule has 0 bridgehead atoms. The van der Waals surface area contributed by atoms with Crippen molar-refractivity contribution < 1.29 is 14.3 Å². The molecule has 1 atom stereocenters. The molecule has 0 aromatic carbocycles. The van der Waals surface area contributed by atoms with Gasteiger partial charge in [0.1, 0.15) is 0 Å². The summed E-state index contributed by atoms with van der Waals surface area (Å²) in [6.45, 7) is 3.84. The van der Waals surface area contributed by atoms with Gasteiger partial charge in [0.15, 0.2) is 0 Å². The number of likely N-dealkylation sites (tertiary alicyclic amines) is 1. The number of esters is 1. The number of hydrogen-bond acceptors (Lipinski definition) is 4. The Morgan fingerprint density at radius 2 is 1.95 bits per heavy atom. The van der Waals surface area contributed by atoms with Crippen molar-refractivity contribution in [2.24, 2.45) is 0 Å². The fourth-order valence-corrected chi connectivity index (χ4v) is 3.12. The Kier molecular flexibility index (Phi) is 5.19. The van der Waals surface area contributed by atoms with Crippen LogP contribution in [0.15, 0.2) is 0 Å². The van der Waals surface area contributed by atoms with E-state index in [0.717, 1.165) is 19.5 Å². The van der Waals surface area contributed by atoms with Crippen molar-refractivity contribution in [3.05, 3.63) is 0 Å². The van der Waals surface area contributed by atoms with Crippen LogP contribution in [-0.4, -0.2) is 48.6 Å². The van der Waals surface area contributed by atoms with Crippen LogP contribution in [0.1, 0.15) is 45.4 Å². The fraction of sp³-hybridized carbons (Fsp3) is 0.857. The number of ether oxygens (including phenoxy) is 1. The summed E-state index contributed by atoms with van der Waals surface area (Å²) in [5, 5.41) is 2.78. The van der Waals surface area contributed by atoms with Gasteiger partial charge >= 0.3 is 11.9 Å². The molecule has 1 N–H and O–H groups in total. The molecule has 1 amide bonds. The van der Waals surface area contributed by atoms with Crippen molar-refractivity contribution in [2.45, 2.75) is 57.5 Å². The molecule has 1 aliphatic carbocycles. The number of nitrogens with zero attached hydrogens (tertiary/aromatic N) is 1. The normalized spacial score (nSPS) is 25.2. The smallest absolute Gasteiger partial charge is 0.396 e. The third-order valence-electron chi connectivity index (χ3n) is 4.11. The second-order valence-corrected chi connectivity index (χ2v) is 5.47. The molecule has 0 aromatic rings. The molecule has 0 radical (unpaired) electrons. The Labute approximate surface area is 114 Å². The second-order valence-electron chi connectivity index (χ2n) is 5.47. The van der Waals surface area contributed by atoms with Crippen molar-refractivity contribution in [3.8, 4) is 0 Å². The molecule has 1 heterocycles. The Morgan fingerprint density at radius 1 is 1.21 bits per heavy atom. The van der Waals surface area contributed by atoms with Crippen molar-refractivity contribution in [3.63, 3.8) is 0 Å². The van der Waals surface area contributed by atoms with Crippen LogP contribution in [-0.2, 0) is 14.3 Å². The van der Waals surface area contributed by atoms with Crippen molar-refractivity contribution in [1.29, 1.82) is 0 Å². The Balaban J connectivity index is 1.75. The Bertz CT molecular complexity index is 327. The van der Waals surface area contributed by atoms with E-state index in [1.165, 1.54) is 32.1 Å². The molecule has 1 saturated carbocycles. The quantitative estimate of drug-likeness (QED) is 0.614. The number of rotatable bonds is 3. The molecule has 0 spiro atoms. The lowest BCUT2D eigenvalue weighted by Crippen LogP contribution is -2.43. The maximum atomic E-state index is 11.6. The zero-order chi connectivity index (χ0) is 13.7. The topological polar surface area (TPSA) is 58.6 Å². The molecule has 19 heavy (non-hydrogen) atoms. The third-order valence-corrected chi connectivity index (χ3v) is 4.11. The van der Waals surface area contributed by atoms with Crippen LogP contribution in [0.5, 0.6) is 0 Å². The number of nitrogens with one attached hydrogen (secondary N) is 1. The average Bonchev–Trinajstić information content (AvgIpc) is 2.88. The predicted molar refractivity (Wildman–Crippen MR) is 71.6 cm³/mol. The summed E-state index contributed by atoms with van der Waals surface area (Å²) in [6, 6.07) is 0.775. The predicted octanol–water partition coefficient (Wildman–Crippen LogP) is 1.07. The van der Waals surface area contributed by atoms with E-state index in [4.69, 9.17) is 4.74 Å². The molecule has 2 aliphatic rings. The fourth-order valence-electron chi connectivity index (χ4n) is 3.12. The molecule has 2 fully saturated rings. The van der Waals surface area contributed by atoms with Gasteiger partial charge in [-0.1, -0.05) is 19.3 Å². The van der Waals surface area contributed by atoms with Gasteiger partial charge in [-0.15, -0.1) is 0 Å². The van der Waals surface area contributed by atoms with E-state index >= 15 is 0 Å². The first kappa shape index (κ1) is 14.3. The maximum absolute atomic E-state index is 11.6.